The van der Waals surface area contributed by atoms with Crippen molar-refractivity contribution >= 4 is 50.4 Å². The fourth-order valence-electron chi connectivity index (χ4n) is 1.64. The Bertz CT molecular complexity index is 645. The van der Waals surface area contributed by atoms with Gasteiger partial charge in [-0.15, -0.1) is 0 Å². The van der Waals surface area contributed by atoms with Crippen LogP contribution in [0.4, 0.5) is 5.69 Å². The van der Waals surface area contributed by atoms with Gasteiger partial charge in [0.05, 0.1) is 22.1 Å². The van der Waals surface area contributed by atoms with Gasteiger partial charge >= 0.3 is 0 Å². The van der Waals surface area contributed by atoms with Crippen LogP contribution in [0.25, 0.3) is 0 Å². The van der Waals surface area contributed by atoms with Crippen LogP contribution in [0.15, 0.2) is 46.0 Å². The maximum atomic E-state index is 9.89. The number of benzene rings is 2. The summed E-state index contributed by atoms with van der Waals surface area (Å²) in [4.78, 5) is 0. The van der Waals surface area contributed by atoms with Crippen LogP contribution in [0.3, 0.4) is 0 Å². The van der Waals surface area contributed by atoms with Crippen molar-refractivity contribution in [2.24, 2.45) is 5.10 Å². The lowest BCUT2D eigenvalue weighted by molar-refractivity contribution is 0.317. The van der Waals surface area contributed by atoms with Crippen molar-refractivity contribution in [3.05, 3.63) is 50.0 Å². The molecule has 0 aliphatic rings. The highest BCUT2D eigenvalue weighted by Gasteiger charge is 2.08. The molecule has 0 saturated carbocycles. The zero-order valence-corrected chi connectivity index (χ0v) is 15.1. The van der Waals surface area contributed by atoms with E-state index in [1.54, 1.807) is 12.3 Å². The van der Waals surface area contributed by atoms with Gasteiger partial charge in [-0.2, -0.15) is 5.10 Å². The van der Waals surface area contributed by atoms with E-state index in [0.29, 0.717) is 12.4 Å². The molecule has 21 heavy (non-hydrogen) atoms. The molecule has 0 spiro atoms. The average molecular weight is 461 g/mol. The molecule has 0 unspecified atom stereocenters. The van der Waals surface area contributed by atoms with E-state index in [-0.39, 0.29) is 5.75 Å². The van der Waals surface area contributed by atoms with Crippen molar-refractivity contribution in [1.82, 2.24) is 0 Å². The molecule has 6 heteroatoms. The first-order valence-corrected chi connectivity index (χ1v) is 8.17. The smallest absolute Gasteiger partial charge is 0.171 e. The van der Waals surface area contributed by atoms with E-state index in [0.717, 1.165) is 19.3 Å². The van der Waals surface area contributed by atoms with Gasteiger partial charge in [0, 0.05) is 4.47 Å². The fraction of sp³-hybridized carbons (Fsp3) is 0.133. The van der Waals surface area contributed by atoms with Crippen molar-refractivity contribution in [2.45, 2.75) is 6.92 Å². The molecule has 4 nitrogen and oxygen atoms in total. The molecule has 0 aliphatic heterocycles. The third-order valence-electron chi connectivity index (χ3n) is 2.60. The van der Waals surface area contributed by atoms with Crippen LogP contribution in [-0.4, -0.2) is 17.9 Å². The maximum Gasteiger partial charge on any atom is 0.171 e. The van der Waals surface area contributed by atoms with Crippen LogP contribution >= 0.6 is 38.5 Å². The van der Waals surface area contributed by atoms with Gasteiger partial charge in [0.15, 0.2) is 11.5 Å². The van der Waals surface area contributed by atoms with E-state index in [2.05, 4.69) is 49.0 Å². The number of hydrazone groups is 1. The Morgan fingerprint density at radius 2 is 2.05 bits per heavy atom. The van der Waals surface area contributed by atoms with Crippen LogP contribution in [0.5, 0.6) is 11.5 Å². The molecular formula is C15H14BrIN2O2. The zero-order chi connectivity index (χ0) is 15.2. The highest BCUT2D eigenvalue weighted by molar-refractivity contribution is 14.1. The predicted octanol–water partition coefficient (Wildman–Crippen LogP) is 4.60. The average Bonchev–Trinajstić information content (AvgIpc) is 2.46. The lowest BCUT2D eigenvalue weighted by atomic mass is 10.2. The van der Waals surface area contributed by atoms with Gasteiger partial charge in [-0.3, -0.25) is 5.43 Å². The summed E-state index contributed by atoms with van der Waals surface area (Å²) >= 11 is 5.45. The normalized spacial score (nSPS) is 10.8. The number of hydrogen-bond donors (Lipinski definition) is 2. The van der Waals surface area contributed by atoms with Crippen LogP contribution in [0.1, 0.15) is 12.5 Å². The minimum Gasteiger partial charge on any atom is -0.504 e. The van der Waals surface area contributed by atoms with Gasteiger partial charge < -0.3 is 9.84 Å². The molecule has 0 aliphatic carbocycles. The van der Waals surface area contributed by atoms with Crippen molar-refractivity contribution < 1.29 is 9.84 Å². The number of phenolic OH excluding ortho intramolecular Hbond substituents is 1. The summed E-state index contributed by atoms with van der Waals surface area (Å²) in [7, 11) is 0. The Labute approximate surface area is 145 Å². The van der Waals surface area contributed by atoms with E-state index in [4.69, 9.17) is 4.74 Å². The fourth-order valence-corrected chi connectivity index (χ4v) is 2.53. The van der Waals surface area contributed by atoms with Crippen LogP contribution < -0.4 is 10.2 Å². The molecule has 2 aromatic rings. The van der Waals surface area contributed by atoms with E-state index < -0.39 is 0 Å². The summed E-state index contributed by atoms with van der Waals surface area (Å²) in [6.07, 6.45) is 1.69. The van der Waals surface area contributed by atoms with Gasteiger partial charge in [-0.25, -0.2) is 0 Å². The van der Waals surface area contributed by atoms with Crippen LogP contribution in [0.2, 0.25) is 0 Å². The molecule has 0 amide bonds. The highest BCUT2D eigenvalue weighted by atomic mass is 127. The summed E-state index contributed by atoms with van der Waals surface area (Å²) in [5.41, 5.74) is 4.70. The van der Waals surface area contributed by atoms with Crippen molar-refractivity contribution in [3.8, 4) is 11.5 Å². The number of phenols is 1. The van der Waals surface area contributed by atoms with E-state index in [1.165, 1.54) is 0 Å². The Balaban J connectivity index is 2.11. The monoisotopic (exact) mass is 460 g/mol. The van der Waals surface area contributed by atoms with Crippen molar-refractivity contribution in [3.63, 3.8) is 0 Å². The van der Waals surface area contributed by atoms with Gasteiger partial charge in [0.25, 0.3) is 0 Å². The SMILES string of the molecule is CCOc1cc(C=NNc2ccc(Br)cc2)cc(I)c1O. The summed E-state index contributed by atoms with van der Waals surface area (Å²) in [5.74, 6) is 0.630. The molecule has 0 heterocycles. The first-order chi connectivity index (χ1) is 10.1. The van der Waals surface area contributed by atoms with Gasteiger partial charge in [-0.05, 0) is 71.5 Å². The maximum absolute atomic E-state index is 9.89. The molecule has 0 fully saturated rings. The number of ether oxygens (including phenoxy) is 1. The quantitative estimate of drug-likeness (QED) is 0.389. The molecule has 0 saturated heterocycles. The van der Waals surface area contributed by atoms with Crippen LogP contribution in [-0.2, 0) is 0 Å². The number of halogens is 2. The summed E-state index contributed by atoms with van der Waals surface area (Å²) in [6.45, 7) is 2.38. The standard InChI is InChI=1S/C15H14BrIN2O2/c1-2-21-14-8-10(7-13(17)15(14)20)9-18-19-12-5-3-11(16)4-6-12/h3-9,19-20H,2H2,1H3. The number of rotatable bonds is 5. The second-order valence-corrected chi connectivity index (χ2v) is 6.24. The molecule has 0 aromatic heterocycles. The van der Waals surface area contributed by atoms with Gasteiger partial charge in [-0.1, -0.05) is 15.9 Å². The number of nitrogens with zero attached hydrogens (tertiary/aromatic N) is 1. The first kappa shape index (κ1) is 16.1. The third-order valence-corrected chi connectivity index (χ3v) is 3.95. The van der Waals surface area contributed by atoms with E-state index >= 15 is 0 Å². The lowest BCUT2D eigenvalue weighted by Gasteiger charge is -2.08. The first-order valence-electron chi connectivity index (χ1n) is 6.30. The van der Waals surface area contributed by atoms with Crippen LogP contribution in [0, 0.1) is 3.57 Å². The number of anilines is 1. The zero-order valence-electron chi connectivity index (χ0n) is 11.3. The topological polar surface area (TPSA) is 53.8 Å². The number of hydrogen-bond acceptors (Lipinski definition) is 4. The Morgan fingerprint density at radius 1 is 1.33 bits per heavy atom. The Morgan fingerprint density at radius 3 is 2.71 bits per heavy atom. The van der Waals surface area contributed by atoms with Crippen molar-refractivity contribution in [1.29, 1.82) is 0 Å². The molecule has 0 radical (unpaired) electrons. The molecule has 2 rings (SSSR count). The largest absolute Gasteiger partial charge is 0.504 e. The Hall–Kier alpha value is -1.28. The second-order valence-electron chi connectivity index (χ2n) is 4.16. The summed E-state index contributed by atoms with van der Waals surface area (Å²) in [6, 6.07) is 11.3. The Kier molecular flexibility index (Phi) is 5.86. The number of aromatic hydroxyl groups is 1. The third kappa shape index (κ3) is 4.60. The van der Waals surface area contributed by atoms with Crippen molar-refractivity contribution in [2.75, 3.05) is 12.0 Å². The second kappa shape index (κ2) is 7.65. The summed E-state index contributed by atoms with van der Waals surface area (Å²) in [5, 5.41) is 14.1. The molecule has 0 bridgehead atoms. The lowest BCUT2D eigenvalue weighted by Crippen LogP contribution is -1.96. The van der Waals surface area contributed by atoms with Gasteiger partial charge in [0.1, 0.15) is 0 Å². The summed E-state index contributed by atoms with van der Waals surface area (Å²) < 4.78 is 7.14. The molecular weight excluding hydrogens is 447 g/mol. The highest BCUT2D eigenvalue weighted by Crippen LogP contribution is 2.32. The molecule has 0 atom stereocenters. The minimum absolute atomic E-state index is 0.162. The van der Waals surface area contributed by atoms with E-state index in [9.17, 15) is 5.11 Å². The number of nitrogens with one attached hydrogen (secondary N) is 1. The van der Waals surface area contributed by atoms with E-state index in [1.807, 2.05) is 37.3 Å². The molecule has 110 valence electrons. The molecule has 2 aromatic carbocycles. The van der Waals surface area contributed by atoms with Gasteiger partial charge in [0.2, 0.25) is 0 Å². The predicted molar refractivity (Wildman–Crippen MR) is 97.4 cm³/mol. The minimum atomic E-state index is 0.162. The molecule has 2 N–H and O–H groups in total.